The summed E-state index contributed by atoms with van der Waals surface area (Å²) in [4.78, 5) is 15.5. The van der Waals surface area contributed by atoms with Crippen molar-refractivity contribution in [3.8, 4) is 0 Å². The van der Waals surface area contributed by atoms with Crippen LogP contribution in [0.5, 0.6) is 0 Å². The van der Waals surface area contributed by atoms with Crippen LogP contribution in [0.4, 0.5) is 0 Å². The van der Waals surface area contributed by atoms with Gasteiger partial charge < -0.3 is 10.1 Å². The molecule has 2 atom stereocenters. The van der Waals surface area contributed by atoms with Crippen LogP contribution in [0.1, 0.15) is 17.3 Å². The van der Waals surface area contributed by atoms with E-state index in [9.17, 15) is 4.79 Å². The Bertz CT molecular complexity index is 313. The molecule has 76 valence electrons. The first-order chi connectivity index (χ1) is 6.81. The second-order valence-corrected chi connectivity index (χ2v) is 4.21. The van der Waals surface area contributed by atoms with Gasteiger partial charge in [0.1, 0.15) is 6.04 Å². The van der Waals surface area contributed by atoms with Crippen molar-refractivity contribution in [1.82, 2.24) is 10.3 Å². The zero-order valence-corrected chi connectivity index (χ0v) is 8.71. The molecule has 1 aliphatic heterocycles. The molecular formula is C9H12N2O2S. The van der Waals surface area contributed by atoms with Gasteiger partial charge in [-0.3, -0.25) is 4.79 Å². The molecule has 1 aromatic heterocycles. The molecule has 1 saturated heterocycles. The molecule has 0 saturated carbocycles. The number of nitrogens with zero attached hydrogens (tertiary/aromatic N) is 1. The summed E-state index contributed by atoms with van der Waals surface area (Å²) in [6.07, 6.45) is 2.59. The van der Waals surface area contributed by atoms with Gasteiger partial charge in [0.05, 0.1) is 12.1 Å². The van der Waals surface area contributed by atoms with Gasteiger partial charge in [0.25, 0.3) is 0 Å². The van der Waals surface area contributed by atoms with Crippen LogP contribution in [0, 0.1) is 0 Å². The lowest BCUT2D eigenvalue weighted by atomic mass is 10.1. The first kappa shape index (κ1) is 9.61. The van der Waals surface area contributed by atoms with Crippen LogP contribution in [0.3, 0.4) is 0 Å². The van der Waals surface area contributed by atoms with Crippen LogP contribution < -0.4 is 5.32 Å². The number of thiazole rings is 1. The fraction of sp³-hybridized carbons (Fsp3) is 0.556. The Balaban J connectivity index is 1.98. The molecule has 14 heavy (non-hydrogen) atoms. The quantitative estimate of drug-likeness (QED) is 0.735. The molecule has 1 aromatic rings. The minimum absolute atomic E-state index is 0.158. The topological polar surface area (TPSA) is 51.2 Å². The Morgan fingerprint density at radius 1 is 1.79 bits per heavy atom. The largest absolute Gasteiger partial charge is 0.468 e. The van der Waals surface area contributed by atoms with Gasteiger partial charge in [-0.15, -0.1) is 11.3 Å². The van der Waals surface area contributed by atoms with E-state index < -0.39 is 0 Å². The highest BCUT2D eigenvalue weighted by atomic mass is 32.1. The molecule has 4 nitrogen and oxygen atoms in total. The Kier molecular flexibility index (Phi) is 2.79. The molecule has 2 heterocycles. The van der Waals surface area contributed by atoms with Crippen molar-refractivity contribution in [2.75, 3.05) is 13.7 Å². The number of esters is 1. The van der Waals surface area contributed by atoms with Crippen LogP contribution in [0.25, 0.3) is 0 Å². The molecule has 1 fully saturated rings. The molecule has 2 rings (SSSR count). The van der Waals surface area contributed by atoms with E-state index in [2.05, 4.69) is 15.0 Å². The van der Waals surface area contributed by atoms with E-state index in [1.807, 2.05) is 5.38 Å². The number of hydrogen-bond acceptors (Lipinski definition) is 5. The predicted molar refractivity (Wildman–Crippen MR) is 53.3 cm³/mol. The third kappa shape index (κ3) is 1.78. The Hall–Kier alpha value is -0.940. The van der Waals surface area contributed by atoms with E-state index in [-0.39, 0.29) is 12.0 Å². The van der Waals surface area contributed by atoms with Gasteiger partial charge in [-0.2, -0.15) is 0 Å². The molecule has 0 spiro atoms. The van der Waals surface area contributed by atoms with Crippen molar-refractivity contribution in [1.29, 1.82) is 0 Å². The number of nitrogens with one attached hydrogen (secondary N) is 1. The van der Waals surface area contributed by atoms with Gasteiger partial charge in [-0.1, -0.05) is 0 Å². The van der Waals surface area contributed by atoms with Crippen LogP contribution in [-0.4, -0.2) is 30.6 Å². The third-order valence-electron chi connectivity index (χ3n) is 2.42. The number of rotatable bonds is 2. The molecule has 0 radical (unpaired) electrons. The summed E-state index contributed by atoms with van der Waals surface area (Å²) in [6, 6.07) is -0.158. The van der Waals surface area contributed by atoms with E-state index in [1.54, 1.807) is 17.5 Å². The molecule has 0 aliphatic carbocycles. The second-order valence-electron chi connectivity index (χ2n) is 3.29. The first-order valence-electron chi connectivity index (χ1n) is 4.52. The SMILES string of the molecule is COC(=O)[C@@H]1C[C@@H](c2nccs2)CN1. The molecule has 0 amide bonds. The maximum atomic E-state index is 11.2. The number of hydrogen-bond donors (Lipinski definition) is 1. The van der Waals surface area contributed by atoms with Crippen molar-refractivity contribution in [2.45, 2.75) is 18.4 Å². The monoisotopic (exact) mass is 212 g/mol. The minimum atomic E-state index is -0.177. The summed E-state index contributed by atoms with van der Waals surface area (Å²) in [7, 11) is 1.42. The lowest BCUT2D eigenvalue weighted by molar-refractivity contribution is -0.142. The number of ether oxygens (including phenoxy) is 1. The first-order valence-corrected chi connectivity index (χ1v) is 5.40. The summed E-state index contributed by atoms with van der Waals surface area (Å²) in [6.45, 7) is 0.813. The number of methoxy groups -OCH3 is 1. The standard InChI is InChI=1S/C9H12N2O2S/c1-13-9(12)7-4-6(5-11-7)8-10-2-3-14-8/h2-3,6-7,11H,4-5H2,1H3/t6-,7+/m1/s1. The summed E-state index contributed by atoms with van der Waals surface area (Å²) in [5.41, 5.74) is 0. The van der Waals surface area contributed by atoms with E-state index in [0.717, 1.165) is 18.0 Å². The number of carbonyl (C=O) groups excluding carboxylic acids is 1. The molecule has 5 heteroatoms. The summed E-state index contributed by atoms with van der Waals surface area (Å²) < 4.78 is 4.68. The maximum Gasteiger partial charge on any atom is 0.322 e. The Morgan fingerprint density at radius 2 is 2.64 bits per heavy atom. The van der Waals surface area contributed by atoms with Crippen molar-refractivity contribution < 1.29 is 9.53 Å². The normalized spacial score (nSPS) is 26.4. The zero-order valence-electron chi connectivity index (χ0n) is 7.90. The molecule has 1 N–H and O–H groups in total. The Morgan fingerprint density at radius 3 is 3.29 bits per heavy atom. The van der Waals surface area contributed by atoms with Crippen LogP contribution in [-0.2, 0) is 9.53 Å². The average molecular weight is 212 g/mol. The highest BCUT2D eigenvalue weighted by molar-refractivity contribution is 7.09. The lowest BCUT2D eigenvalue weighted by Gasteiger charge is -2.06. The van der Waals surface area contributed by atoms with Crippen molar-refractivity contribution in [3.63, 3.8) is 0 Å². The number of carbonyl (C=O) groups is 1. The van der Waals surface area contributed by atoms with Crippen molar-refractivity contribution in [3.05, 3.63) is 16.6 Å². The van der Waals surface area contributed by atoms with Gasteiger partial charge >= 0.3 is 5.97 Å². The zero-order chi connectivity index (χ0) is 9.97. The molecule has 0 unspecified atom stereocenters. The van der Waals surface area contributed by atoms with E-state index in [1.165, 1.54) is 7.11 Å². The van der Waals surface area contributed by atoms with Gasteiger partial charge in [-0.25, -0.2) is 4.98 Å². The predicted octanol–water partition coefficient (Wildman–Crippen LogP) is 0.762. The lowest BCUT2D eigenvalue weighted by Crippen LogP contribution is -2.31. The molecule has 0 bridgehead atoms. The Labute approximate surface area is 86.3 Å². The fourth-order valence-corrected chi connectivity index (χ4v) is 2.44. The highest BCUT2D eigenvalue weighted by Gasteiger charge is 2.31. The van der Waals surface area contributed by atoms with E-state index in [4.69, 9.17) is 0 Å². The molecule has 1 aliphatic rings. The van der Waals surface area contributed by atoms with Crippen LogP contribution >= 0.6 is 11.3 Å². The van der Waals surface area contributed by atoms with Gasteiger partial charge in [-0.05, 0) is 6.42 Å². The molecule has 0 aromatic carbocycles. The minimum Gasteiger partial charge on any atom is -0.468 e. The smallest absolute Gasteiger partial charge is 0.322 e. The van der Waals surface area contributed by atoms with E-state index >= 15 is 0 Å². The van der Waals surface area contributed by atoms with E-state index in [0.29, 0.717) is 5.92 Å². The van der Waals surface area contributed by atoms with Gasteiger partial charge in [0, 0.05) is 24.0 Å². The summed E-state index contributed by atoms with van der Waals surface area (Å²) in [5.74, 6) is 0.183. The van der Waals surface area contributed by atoms with Crippen molar-refractivity contribution in [2.24, 2.45) is 0 Å². The highest BCUT2D eigenvalue weighted by Crippen LogP contribution is 2.27. The maximum absolute atomic E-state index is 11.2. The van der Waals surface area contributed by atoms with Crippen molar-refractivity contribution >= 4 is 17.3 Å². The second kappa shape index (κ2) is 4.06. The fourth-order valence-electron chi connectivity index (χ4n) is 1.68. The average Bonchev–Trinajstić information content (AvgIpc) is 2.86. The van der Waals surface area contributed by atoms with Gasteiger partial charge in [0.15, 0.2) is 0 Å². The van der Waals surface area contributed by atoms with Crippen LogP contribution in [0.15, 0.2) is 11.6 Å². The van der Waals surface area contributed by atoms with Crippen LogP contribution in [0.2, 0.25) is 0 Å². The number of aromatic nitrogens is 1. The summed E-state index contributed by atoms with van der Waals surface area (Å²) >= 11 is 1.64. The van der Waals surface area contributed by atoms with Gasteiger partial charge in [0.2, 0.25) is 0 Å². The summed E-state index contributed by atoms with van der Waals surface area (Å²) in [5, 5.41) is 6.20. The third-order valence-corrected chi connectivity index (χ3v) is 3.36. The molecular weight excluding hydrogens is 200 g/mol.